The van der Waals surface area contributed by atoms with E-state index in [0.717, 1.165) is 73.4 Å². The van der Waals surface area contributed by atoms with Crippen molar-refractivity contribution >= 4 is 48.6 Å². The summed E-state index contributed by atoms with van der Waals surface area (Å²) >= 11 is 1.86. The topological polar surface area (TPSA) is 21.7 Å². The number of ether oxygens (including phenoxy) is 2. The standard InChI is InChI=1S/C74H45NO2S/c1-4-24-56-52(20-1)53-43-40-48(45-63(53)74(56)60-28-8-12-34-67(60)77-68-35-13-9-29-61(68)74)47-18-15-19-50(44-47)75(49-41-38-46(39-42-49)51-23-16-37-70-71(51)55-22-3-14-36-69(55)78-70)64-31-17-30-62-72(64)54-21-2-5-25-57(54)73(62)58-26-6-10-32-65(58)76-66-33-11-7-27-59(66)73/h1-45H. The van der Waals surface area contributed by atoms with Crippen LogP contribution < -0.4 is 14.4 Å². The Morgan fingerprint density at radius 3 is 1.45 bits per heavy atom. The van der Waals surface area contributed by atoms with Gasteiger partial charge in [-0.3, -0.25) is 0 Å². The zero-order chi connectivity index (χ0) is 51.1. The van der Waals surface area contributed by atoms with Crippen LogP contribution in [0.15, 0.2) is 273 Å². The Morgan fingerprint density at radius 2 is 0.769 bits per heavy atom. The van der Waals surface area contributed by atoms with Crippen LogP contribution in [0.3, 0.4) is 0 Å². The van der Waals surface area contributed by atoms with Crippen LogP contribution in [0, 0.1) is 0 Å². The Labute approximate surface area is 456 Å². The molecular weight excluding hydrogens is 967 g/mol. The van der Waals surface area contributed by atoms with Crippen molar-refractivity contribution < 1.29 is 9.47 Å². The molecule has 3 nitrogen and oxygen atoms in total. The molecule has 0 N–H and O–H groups in total. The van der Waals surface area contributed by atoms with Gasteiger partial charge in [-0.05, 0) is 134 Å². The number of thiophene rings is 1. The van der Waals surface area contributed by atoms with Gasteiger partial charge in [0.25, 0.3) is 0 Å². The Balaban J connectivity index is 0.887. The van der Waals surface area contributed by atoms with Gasteiger partial charge in [0.1, 0.15) is 23.0 Å². The van der Waals surface area contributed by atoms with Gasteiger partial charge in [0.2, 0.25) is 0 Å². The van der Waals surface area contributed by atoms with E-state index < -0.39 is 10.8 Å². The second kappa shape index (κ2) is 16.4. The summed E-state index contributed by atoms with van der Waals surface area (Å²) in [6.07, 6.45) is 0. The quantitative estimate of drug-likeness (QED) is 0.171. The summed E-state index contributed by atoms with van der Waals surface area (Å²) < 4.78 is 16.1. The number of hydrogen-bond acceptors (Lipinski definition) is 4. The predicted octanol–water partition coefficient (Wildman–Crippen LogP) is 19.8. The minimum atomic E-state index is -0.619. The lowest BCUT2D eigenvalue weighted by molar-refractivity contribution is 0.436. The van der Waals surface area contributed by atoms with E-state index >= 15 is 0 Å². The average molecular weight is 1010 g/mol. The van der Waals surface area contributed by atoms with E-state index in [0.29, 0.717) is 0 Å². The third-order valence-corrected chi connectivity index (χ3v) is 18.3. The summed E-state index contributed by atoms with van der Waals surface area (Å²) in [4.78, 5) is 2.50. The first-order valence-electron chi connectivity index (χ1n) is 26.8. The van der Waals surface area contributed by atoms with Crippen molar-refractivity contribution in [1.82, 2.24) is 0 Å². The lowest BCUT2D eigenvalue weighted by Gasteiger charge is -2.39. The number of fused-ring (bicyclic) bond motifs is 21. The van der Waals surface area contributed by atoms with Crippen molar-refractivity contribution in [3.63, 3.8) is 0 Å². The second-order valence-electron chi connectivity index (χ2n) is 20.9. The smallest absolute Gasteiger partial charge is 0.132 e. The Kier molecular flexibility index (Phi) is 9.14. The lowest BCUT2D eigenvalue weighted by Crippen LogP contribution is -2.32. The van der Waals surface area contributed by atoms with Gasteiger partial charge in [-0.1, -0.05) is 200 Å². The molecule has 0 saturated carbocycles. The van der Waals surface area contributed by atoms with Gasteiger partial charge < -0.3 is 14.4 Å². The summed E-state index contributed by atoms with van der Waals surface area (Å²) in [6.45, 7) is 0. The fourth-order valence-corrected chi connectivity index (χ4v) is 15.3. The molecule has 0 bridgehead atoms. The molecule has 78 heavy (non-hydrogen) atoms. The fraction of sp³-hybridized carbons (Fsp3) is 0.0270. The minimum Gasteiger partial charge on any atom is -0.457 e. The normalized spacial score (nSPS) is 14.1. The maximum Gasteiger partial charge on any atom is 0.132 e. The van der Waals surface area contributed by atoms with Crippen molar-refractivity contribution in [2.75, 3.05) is 4.90 Å². The summed E-state index contributed by atoms with van der Waals surface area (Å²) in [5.74, 6) is 3.54. The molecule has 1 aromatic heterocycles. The molecule has 0 unspecified atom stereocenters. The van der Waals surface area contributed by atoms with E-state index in [1.54, 1.807) is 0 Å². The number of nitrogens with zero attached hydrogens (tertiary/aromatic N) is 1. The highest BCUT2D eigenvalue weighted by Crippen LogP contribution is 2.65. The molecule has 2 spiro atoms. The minimum absolute atomic E-state index is 0.576. The molecule has 0 radical (unpaired) electrons. The second-order valence-corrected chi connectivity index (χ2v) is 22.0. The summed E-state index contributed by atoms with van der Waals surface area (Å²) in [5.41, 5.74) is 21.3. The molecule has 0 saturated heterocycles. The van der Waals surface area contributed by atoms with E-state index in [9.17, 15) is 0 Å². The number of rotatable bonds is 5. The first-order chi connectivity index (χ1) is 38.7. The van der Waals surface area contributed by atoms with E-state index in [-0.39, 0.29) is 0 Å². The largest absolute Gasteiger partial charge is 0.457 e. The van der Waals surface area contributed by atoms with Crippen molar-refractivity contribution in [3.8, 4) is 67.5 Å². The van der Waals surface area contributed by atoms with Crippen molar-refractivity contribution in [2.24, 2.45) is 0 Å². The van der Waals surface area contributed by atoms with Gasteiger partial charge >= 0.3 is 0 Å². The van der Waals surface area contributed by atoms with Crippen LogP contribution in [0.5, 0.6) is 23.0 Å². The average Bonchev–Trinajstić information content (AvgIpc) is 3.48. The molecule has 4 aliphatic rings. The van der Waals surface area contributed by atoms with E-state index in [4.69, 9.17) is 9.47 Å². The molecule has 4 heteroatoms. The van der Waals surface area contributed by atoms with Crippen molar-refractivity contribution in [3.05, 3.63) is 317 Å². The Bertz CT molecular complexity index is 4570. The molecule has 2 aliphatic heterocycles. The molecule has 3 heterocycles. The van der Waals surface area contributed by atoms with Gasteiger partial charge in [0, 0.05) is 59.4 Å². The van der Waals surface area contributed by atoms with Gasteiger partial charge in [-0.2, -0.15) is 0 Å². The van der Waals surface area contributed by atoms with Crippen LogP contribution in [0.4, 0.5) is 17.1 Å². The van der Waals surface area contributed by atoms with Crippen LogP contribution in [-0.2, 0) is 10.8 Å². The Morgan fingerprint density at radius 1 is 0.295 bits per heavy atom. The Hall–Kier alpha value is -9.74. The summed E-state index contributed by atoms with van der Waals surface area (Å²) in [6, 6.07) is 100. The summed E-state index contributed by atoms with van der Waals surface area (Å²) in [5, 5.41) is 2.60. The van der Waals surface area contributed by atoms with Crippen molar-refractivity contribution in [2.45, 2.75) is 10.8 Å². The molecular formula is C74H45NO2S. The van der Waals surface area contributed by atoms with Crippen molar-refractivity contribution in [1.29, 1.82) is 0 Å². The third kappa shape index (κ3) is 5.82. The number of benzene rings is 12. The zero-order valence-corrected chi connectivity index (χ0v) is 43.0. The molecule has 0 amide bonds. The zero-order valence-electron chi connectivity index (χ0n) is 42.2. The number of hydrogen-bond donors (Lipinski definition) is 0. The van der Waals surface area contributed by atoms with Crippen LogP contribution in [0.2, 0.25) is 0 Å². The number of anilines is 3. The van der Waals surface area contributed by atoms with Gasteiger partial charge in [0.05, 0.1) is 16.5 Å². The van der Waals surface area contributed by atoms with Crippen LogP contribution >= 0.6 is 11.3 Å². The first kappa shape index (κ1) is 43.5. The molecule has 2 aliphatic carbocycles. The maximum atomic E-state index is 6.76. The highest BCUT2D eigenvalue weighted by Gasteiger charge is 2.53. The van der Waals surface area contributed by atoms with Crippen LogP contribution in [0.1, 0.15) is 44.5 Å². The third-order valence-electron chi connectivity index (χ3n) is 17.2. The molecule has 12 aromatic carbocycles. The molecule has 0 atom stereocenters. The maximum absolute atomic E-state index is 6.76. The summed E-state index contributed by atoms with van der Waals surface area (Å²) in [7, 11) is 0. The molecule has 364 valence electrons. The van der Waals surface area contributed by atoms with E-state index in [1.807, 2.05) is 11.3 Å². The molecule has 0 fully saturated rings. The lowest BCUT2D eigenvalue weighted by atomic mass is 9.66. The molecule has 13 aromatic rings. The number of para-hydroxylation sites is 4. The fourth-order valence-electron chi connectivity index (χ4n) is 14.2. The van der Waals surface area contributed by atoms with E-state index in [1.165, 1.54) is 75.8 Å². The highest BCUT2D eigenvalue weighted by atomic mass is 32.1. The highest BCUT2D eigenvalue weighted by molar-refractivity contribution is 7.25. The first-order valence-corrected chi connectivity index (χ1v) is 27.6. The SMILES string of the molecule is c1cc(-c2ccc3c(c2)C2(c4ccccc4Oc4ccccc42)c2ccccc2-3)cc(N(c2ccc(-c3cccc4sc5ccccc5c34)cc2)c2cccc3c2-c2ccccc2C32c3ccccc3Oc3ccccc32)c1. The van der Waals surface area contributed by atoms with Crippen LogP contribution in [0.25, 0.3) is 64.7 Å². The molecule has 17 rings (SSSR count). The predicted molar refractivity (Wildman–Crippen MR) is 320 cm³/mol. The van der Waals surface area contributed by atoms with Crippen LogP contribution in [-0.4, -0.2) is 0 Å². The van der Waals surface area contributed by atoms with Gasteiger partial charge in [0.15, 0.2) is 0 Å². The van der Waals surface area contributed by atoms with Gasteiger partial charge in [-0.25, -0.2) is 0 Å². The van der Waals surface area contributed by atoms with E-state index in [2.05, 4.69) is 278 Å². The van der Waals surface area contributed by atoms with Gasteiger partial charge in [-0.15, -0.1) is 11.3 Å². The monoisotopic (exact) mass is 1010 g/mol.